The second-order valence-electron chi connectivity index (χ2n) is 6.48. The van der Waals surface area contributed by atoms with E-state index in [1.165, 1.54) is 59.1 Å². The Balaban J connectivity index is 1.80. The summed E-state index contributed by atoms with van der Waals surface area (Å²) >= 11 is 0. The molecule has 0 spiro atoms. The summed E-state index contributed by atoms with van der Waals surface area (Å²) < 4.78 is 0. The number of nitrogen functional groups attached to an aromatic ring is 1. The fourth-order valence-electron chi connectivity index (χ4n) is 3.93. The fraction of sp³-hybridized carbons (Fsp3) is 0.300. The summed E-state index contributed by atoms with van der Waals surface area (Å²) in [5, 5.41) is 3.43. The lowest BCUT2D eigenvalue weighted by atomic mass is 9.84. The lowest BCUT2D eigenvalue weighted by molar-refractivity contribution is 0.677. The Kier molecular flexibility index (Phi) is 3.58. The molecule has 0 atom stereocenters. The minimum atomic E-state index is 0.639. The van der Waals surface area contributed by atoms with Gasteiger partial charge in [-0.3, -0.25) is 0 Å². The van der Waals surface area contributed by atoms with Gasteiger partial charge in [0.15, 0.2) is 0 Å². The summed E-state index contributed by atoms with van der Waals surface area (Å²) in [6.45, 7) is 1.48. The van der Waals surface area contributed by atoms with E-state index in [0.717, 1.165) is 17.9 Å². The molecule has 0 saturated heterocycles. The Hall–Kier alpha value is -2.26. The minimum Gasteiger partial charge on any atom is -0.397 e. The van der Waals surface area contributed by atoms with Gasteiger partial charge in [-0.2, -0.15) is 0 Å². The van der Waals surface area contributed by atoms with E-state index in [9.17, 15) is 0 Å². The van der Waals surface area contributed by atoms with E-state index in [1.54, 1.807) is 0 Å². The van der Waals surface area contributed by atoms with Gasteiger partial charge in [0.25, 0.3) is 0 Å². The maximum atomic E-state index is 6.07. The number of para-hydroxylation sites is 1. The number of nitrogens with one attached hydrogen (secondary N) is 1. The molecule has 23 heavy (non-hydrogen) atoms. The van der Waals surface area contributed by atoms with Crippen LogP contribution in [-0.4, -0.2) is 6.54 Å². The number of hydrogen-bond acceptors (Lipinski definition) is 3. The molecule has 2 aromatic rings. The zero-order valence-corrected chi connectivity index (χ0v) is 13.4. The summed E-state index contributed by atoms with van der Waals surface area (Å²) in [4.78, 5) is 0. The molecule has 5 N–H and O–H groups in total. The highest BCUT2D eigenvalue weighted by Crippen LogP contribution is 2.37. The minimum absolute atomic E-state index is 0.639. The van der Waals surface area contributed by atoms with Crippen LogP contribution < -0.4 is 16.8 Å². The van der Waals surface area contributed by atoms with Crippen LogP contribution in [0, 0.1) is 0 Å². The first-order chi connectivity index (χ1) is 11.3. The topological polar surface area (TPSA) is 64.1 Å². The van der Waals surface area contributed by atoms with E-state index in [-0.39, 0.29) is 0 Å². The summed E-state index contributed by atoms with van der Waals surface area (Å²) in [6, 6.07) is 10.6. The van der Waals surface area contributed by atoms with Crippen molar-refractivity contribution in [2.75, 3.05) is 17.6 Å². The van der Waals surface area contributed by atoms with Gasteiger partial charge in [-0.15, -0.1) is 0 Å². The van der Waals surface area contributed by atoms with Crippen LogP contribution >= 0.6 is 0 Å². The monoisotopic (exact) mass is 305 g/mol. The molecule has 2 aromatic carbocycles. The van der Waals surface area contributed by atoms with E-state index in [2.05, 4.69) is 29.6 Å². The van der Waals surface area contributed by atoms with E-state index >= 15 is 0 Å². The average Bonchev–Trinajstić information content (AvgIpc) is 3.00. The molecule has 0 unspecified atom stereocenters. The molecule has 0 radical (unpaired) electrons. The molecule has 1 aliphatic carbocycles. The number of hydrogen-bond donors (Lipinski definition) is 3. The normalized spacial score (nSPS) is 17.7. The van der Waals surface area contributed by atoms with Gasteiger partial charge in [0, 0.05) is 18.7 Å². The third-order valence-electron chi connectivity index (χ3n) is 5.12. The van der Waals surface area contributed by atoms with E-state index in [1.807, 2.05) is 12.1 Å². The molecular formula is C20H23N3. The third-order valence-corrected chi connectivity index (χ3v) is 5.12. The molecule has 1 aliphatic heterocycles. The second kappa shape index (κ2) is 5.74. The number of nitrogens with two attached hydrogens (primary N) is 2. The first-order valence-corrected chi connectivity index (χ1v) is 8.45. The van der Waals surface area contributed by atoms with Gasteiger partial charge in [-0.25, -0.2) is 0 Å². The first-order valence-electron chi connectivity index (χ1n) is 8.45. The summed E-state index contributed by atoms with van der Waals surface area (Å²) in [7, 11) is 0. The standard InChI is InChI=1S/C20H23N3/c21-11-14-9-8-13(16-4-1-2-5-17(14)16)10-15-12-23-20-18(15)6-3-7-19(20)22/h3,6-10,23H,1-2,4-5,11-12,21-22H2. The summed E-state index contributed by atoms with van der Waals surface area (Å²) in [5.41, 5.74) is 22.1. The van der Waals surface area contributed by atoms with Crippen molar-refractivity contribution in [1.29, 1.82) is 0 Å². The van der Waals surface area contributed by atoms with Gasteiger partial charge in [0.05, 0.1) is 11.4 Å². The number of rotatable bonds is 2. The lowest BCUT2D eigenvalue weighted by Crippen LogP contribution is -2.11. The van der Waals surface area contributed by atoms with Crippen LogP contribution in [0.4, 0.5) is 11.4 Å². The predicted octanol–water partition coefficient (Wildman–Crippen LogP) is 3.57. The van der Waals surface area contributed by atoms with Gasteiger partial charge >= 0.3 is 0 Å². The molecule has 0 saturated carbocycles. The lowest BCUT2D eigenvalue weighted by Gasteiger charge is -2.21. The van der Waals surface area contributed by atoms with Crippen LogP contribution in [0.5, 0.6) is 0 Å². The Labute approximate surface area is 137 Å². The van der Waals surface area contributed by atoms with Gasteiger partial charge in [0.2, 0.25) is 0 Å². The van der Waals surface area contributed by atoms with Crippen molar-refractivity contribution >= 4 is 23.0 Å². The van der Waals surface area contributed by atoms with E-state index in [0.29, 0.717) is 6.54 Å². The molecule has 0 bridgehead atoms. The van der Waals surface area contributed by atoms with Gasteiger partial charge in [-0.05, 0) is 65.7 Å². The van der Waals surface area contributed by atoms with Gasteiger partial charge in [-0.1, -0.05) is 24.3 Å². The van der Waals surface area contributed by atoms with Crippen LogP contribution in [0.2, 0.25) is 0 Å². The van der Waals surface area contributed by atoms with Crippen LogP contribution in [0.3, 0.4) is 0 Å². The fourth-order valence-corrected chi connectivity index (χ4v) is 3.93. The van der Waals surface area contributed by atoms with E-state index < -0.39 is 0 Å². The SMILES string of the molecule is NCc1ccc(C=C2CNc3c(N)cccc32)c2c1CCCC2. The number of benzene rings is 2. The molecule has 1 heterocycles. The first kappa shape index (κ1) is 14.3. The smallest absolute Gasteiger partial charge is 0.0653 e. The molecule has 0 amide bonds. The third kappa shape index (κ3) is 2.41. The van der Waals surface area contributed by atoms with E-state index in [4.69, 9.17) is 11.5 Å². The zero-order chi connectivity index (χ0) is 15.8. The Morgan fingerprint density at radius 1 is 1.04 bits per heavy atom. The molecule has 0 aromatic heterocycles. The summed E-state index contributed by atoms with van der Waals surface area (Å²) in [6.07, 6.45) is 7.23. The summed E-state index contributed by atoms with van der Waals surface area (Å²) in [5.74, 6) is 0. The van der Waals surface area contributed by atoms with Crippen molar-refractivity contribution in [3.05, 3.63) is 58.1 Å². The second-order valence-corrected chi connectivity index (χ2v) is 6.48. The molecular weight excluding hydrogens is 282 g/mol. The average molecular weight is 305 g/mol. The van der Waals surface area contributed by atoms with Gasteiger partial charge < -0.3 is 16.8 Å². The van der Waals surface area contributed by atoms with Crippen LogP contribution in [-0.2, 0) is 19.4 Å². The Bertz CT molecular complexity index is 790. The molecule has 4 rings (SSSR count). The molecule has 118 valence electrons. The highest BCUT2D eigenvalue weighted by Gasteiger charge is 2.20. The highest BCUT2D eigenvalue weighted by atomic mass is 14.9. The molecule has 0 fully saturated rings. The molecule has 2 aliphatic rings. The maximum absolute atomic E-state index is 6.07. The van der Waals surface area contributed by atoms with Crippen molar-refractivity contribution in [2.24, 2.45) is 5.73 Å². The van der Waals surface area contributed by atoms with Crippen molar-refractivity contribution in [1.82, 2.24) is 0 Å². The molecule has 3 nitrogen and oxygen atoms in total. The van der Waals surface area contributed by atoms with Crippen LogP contribution in [0.1, 0.15) is 40.7 Å². The number of fused-ring (bicyclic) bond motifs is 2. The van der Waals surface area contributed by atoms with Crippen molar-refractivity contribution in [3.8, 4) is 0 Å². The van der Waals surface area contributed by atoms with Crippen LogP contribution in [0.25, 0.3) is 11.6 Å². The number of anilines is 2. The van der Waals surface area contributed by atoms with Crippen molar-refractivity contribution < 1.29 is 0 Å². The Morgan fingerprint density at radius 2 is 1.87 bits per heavy atom. The van der Waals surface area contributed by atoms with Crippen LogP contribution in [0.15, 0.2) is 30.3 Å². The van der Waals surface area contributed by atoms with Crippen molar-refractivity contribution in [3.63, 3.8) is 0 Å². The van der Waals surface area contributed by atoms with Gasteiger partial charge in [0.1, 0.15) is 0 Å². The highest BCUT2D eigenvalue weighted by molar-refractivity contribution is 5.97. The zero-order valence-electron chi connectivity index (χ0n) is 13.4. The maximum Gasteiger partial charge on any atom is 0.0653 e. The molecule has 3 heteroatoms. The van der Waals surface area contributed by atoms with Crippen molar-refractivity contribution in [2.45, 2.75) is 32.2 Å². The quantitative estimate of drug-likeness (QED) is 0.743. The predicted molar refractivity (Wildman–Crippen MR) is 98.2 cm³/mol. The Morgan fingerprint density at radius 3 is 2.70 bits per heavy atom. The largest absolute Gasteiger partial charge is 0.397 e.